The number of fused-ring (bicyclic) bond motifs is 2. The number of benzene rings is 3. The first kappa shape index (κ1) is 29.1. The van der Waals surface area contributed by atoms with Crippen molar-refractivity contribution in [3.05, 3.63) is 101 Å². The molecule has 2 N–H and O–H groups in total. The molecule has 1 unspecified atom stereocenters. The lowest BCUT2D eigenvalue weighted by Gasteiger charge is -2.37. The number of nitrogens with zero attached hydrogens (tertiary/aromatic N) is 3. The Labute approximate surface area is 253 Å². The average molecular weight is 581 g/mol. The maximum atomic E-state index is 13.9. The van der Waals surface area contributed by atoms with Crippen molar-refractivity contribution in [2.75, 3.05) is 40.4 Å². The Morgan fingerprint density at radius 1 is 0.953 bits per heavy atom. The van der Waals surface area contributed by atoms with E-state index in [1.807, 2.05) is 48.5 Å². The van der Waals surface area contributed by atoms with Gasteiger partial charge in [-0.3, -0.25) is 14.7 Å². The first-order valence-electron chi connectivity index (χ1n) is 15.1. The number of nitrogens with one attached hydrogen (secondary N) is 1. The minimum absolute atomic E-state index is 0.0419. The number of likely N-dealkylation sites (tertiary alicyclic amines) is 1. The third-order valence-corrected chi connectivity index (χ3v) is 8.91. The van der Waals surface area contributed by atoms with E-state index in [1.165, 1.54) is 11.1 Å². The molecule has 1 saturated heterocycles. The van der Waals surface area contributed by atoms with E-state index in [1.54, 1.807) is 20.4 Å². The first-order valence-corrected chi connectivity index (χ1v) is 15.1. The summed E-state index contributed by atoms with van der Waals surface area (Å²) in [6, 6.07) is 23.7. The van der Waals surface area contributed by atoms with Gasteiger partial charge in [-0.2, -0.15) is 0 Å². The van der Waals surface area contributed by atoms with Gasteiger partial charge in [0.15, 0.2) is 0 Å². The molecule has 2 aliphatic rings. The van der Waals surface area contributed by atoms with Crippen LogP contribution < -0.4 is 14.8 Å². The maximum Gasteiger partial charge on any atom is 0.242 e. The smallest absolute Gasteiger partial charge is 0.242 e. The van der Waals surface area contributed by atoms with Gasteiger partial charge in [-0.1, -0.05) is 36.4 Å². The molecule has 4 aromatic rings. The van der Waals surface area contributed by atoms with Crippen molar-refractivity contribution < 1.29 is 19.4 Å². The van der Waals surface area contributed by atoms with Crippen LogP contribution in [0.15, 0.2) is 79.0 Å². The van der Waals surface area contributed by atoms with Crippen molar-refractivity contribution in [1.29, 1.82) is 0 Å². The summed E-state index contributed by atoms with van der Waals surface area (Å²) in [5, 5.41) is 15.5. The minimum atomic E-state index is -0.648. The maximum absolute atomic E-state index is 13.9. The van der Waals surface area contributed by atoms with Gasteiger partial charge in [-0.05, 0) is 77.9 Å². The fourth-order valence-corrected chi connectivity index (χ4v) is 6.50. The van der Waals surface area contributed by atoms with Gasteiger partial charge in [-0.25, -0.2) is 0 Å². The number of pyridine rings is 1. The number of aromatic nitrogens is 1. The molecule has 3 aromatic carbocycles. The average Bonchev–Trinajstić information content (AvgIpc) is 3.05. The van der Waals surface area contributed by atoms with Crippen LogP contribution in [0.1, 0.15) is 47.2 Å². The molecule has 1 fully saturated rings. The van der Waals surface area contributed by atoms with E-state index in [0.717, 1.165) is 79.0 Å². The highest BCUT2D eigenvalue weighted by Gasteiger charge is 2.32. The van der Waals surface area contributed by atoms with E-state index in [4.69, 9.17) is 9.47 Å². The fourth-order valence-electron chi connectivity index (χ4n) is 6.50. The Bertz CT molecular complexity index is 1550. The third kappa shape index (κ3) is 6.51. The van der Waals surface area contributed by atoms with Gasteiger partial charge < -0.3 is 24.8 Å². The van der Waals surface area contributed by atoms with Gasteiger partial charge >= 0.3 is 0 Å². The molecule has 8 heteroatoms. The van der Waals surface area contributed by atoms with Crippen LogP contribution in [0.25, 0.3) is 10.9 Å². The van der Waals surface area contributed by atoms with Crippen molar-refractivity contribution >= 4 is 16.8 Å². The number of ether oxygens (including phenoxy) is 2. The second-order valence-electron chi connectivity index (χ2n) is 11.5. The summed E-state index contributed by atoms with van der Waals surface area (Å²) in [5.74, 6) is 1.56. The van der Waals surface area contributed by atoms with Gasteiger partial charge in [0, 0.05) is 50.3 Å². The molecule has 8 nitrogen and oxygen atoms in total. The zero-order valence-corrected chi connectivity index (χ0v) is 24.9. The summed E-state index contributed by atoms with van der Waals surface area (Å²) in [6.07, 6.45) is 3.69. The van der Waals surface area contributed by atoms with Gasteiger partial charge in [0.05, 0.1) is 25.8 Å². The van der Waals surface area contributed by atoms with Gasteiger partial charge in [0.25, 0.3) is 0 Å². The summed E-state index contributed by atoms with van der Waals surface area (Å²) in [4.78, 5) is 23.0. The summed E-state index contributed by atoms with van der Waals surface area (Å²) in [5.41, 5.74) is 5.31. The molecule has 0 radical (unpaired) electrons. The van der Waals surface area contributed by atoms with E-state index in [9.17, 15) is 9.90 Å². The van der Waals surface area contributed by atoms with E-state index >= 15 is 0 Å². The molecule has 224 valence electrons. The van der Waals surface area contributed by atoms with Gasteiger partial charge in [0.1, 0.15) is 17.5 Å². The third-order valence-electron chi connectivity index (χ3n) is 8.91. The van der Waals surface area contributed by atoms with Crippen LogP contribution in [0.5, 0.6) is 11.5 Å². The van der Waals surface area contributed by atoms with Crippen LogP contribution >= 0.6 is 0 Å². The van der Waals surface area contributed by atoms with Gasteiger partial charge in [-0.15, -0.1) is 0 Å². The molecule has 1 aromatic heterocycles. The number of piperidine rings is 1. The number of rotatable bonds is 9. The van der Waals surface area contributed by atoms with Crippen molar-refractivity contribution in [1.82, 2.24) is 20.1 Å². The predicted octanol–water partition coefficient (Wildman–Crippen LogP) is 4.67. The molecule has 2 aliphatic heterocycles. The second kappa shape index (κ2) is 13.1. The van der Waals surface area contributed by atoms with Crippen LogP contribution in [0, 0.1) is 0 Å². The largest absolute Gasteiger partial charge is 0.497 e. The molecule has 1 amide bonds. The Kier molecular flexibility index (Phi) is 8.88. The molecule has 6 rings (SSSR count). The monoisotopic (exact) mass is 580 g/mol. The van der Waals surface area contributed by atoms with E-state index in [0.29, 0.717) is 6.54 Å². The SMILES string of the molecule is COc1ccc(C(C(=O)NC2CCN(C[C@H](O)c3ccnc4ccc(OC)cc34)CC2)N2CCc3ccccc3C2)cc1. The van der Waals surface area contributed by atoms with E-state index < -0.39 is 6.10 Å². The summed E-state index contributed by atoms with van der Waals surface area (Å²) in [7, 11) is 3.30. The Morgan fingerprint density at radius 2 is 1.67 bits per heavy atom. The first-order chi connectivity index (χ1) is 21.0. The fraction of sp³-hybridized carbons (Fsp3) is 0.371. The van der Waals surface area contributed by atoms with Crippen LogP contribution in [-0.2, 0) is 17.8 Å². The van der Waals surface area contributed by atoms with Crippen molar-refractivity contribution in [3.63, 3.8) is 0 Å². The number of carbonyl (C=O) groups is 1. The van der Waals surface area contributed by atoms with Crippen LogP contribution in [0.2, 0.25) is 0 Å². The van der Waals surface area contributed by atoms with Crippen molar-refractivity contribution in [3.8, 4) is 11.5 Å². The Morgan fingerprint density at radius 3 is 2.42 bits per heavy atom. The molecule has 2 atom stereocenters. The molecule has 0 bridgehead atoms. The number of β-amino-alcohol motifs (C(OH)–C–C–N with tert-alkyl or cyclic N) is 1. The molecule has 3 heterocycles. The lowest BCUT2D eigenvalue weighted by molar-refractivity contribution is -0.128. The highest BCUT2D eigenvalue weighted by atomic mass is 16.5. The normalized spacial score (nSPS) is 17.7. The van der Waals surface area contributed by atoms with Crippen LogP contribution in [0.4, 0.5) is 0 Å². The standard InChI is InChI=1S/C35H40N4O4/c1-42-28-9-7-25(8-10-28)34(39-20-14-24-5-3-4-6-26(24)22-39)35(41)37-27-15-18-38(19-16-27)23-33(40)30-13-17-36-32-12-11-29(43-2)21-31(30)32/h3-13,17,21,27,33-34,40H,14-16,18-20,22-23H2,1-2H3,(H,37,41)/t33-,34?/m0/s1. The number of methoxy groups -OCH3 is 2. The zero-order chi connectivity index (χ0) is 29.8. The highest BCUT2D eigenvalue weighted by Crippen LogP contribution is 2.31. The number of hydrogen-bond donors (Lipinski definition) is 2. The molecule has 0 aliphatic carbocycles. The van der Waals surface area contributed by atoms with E-state index in [2.05, 4.69) is 44.4 Å². The summed E-state index contributed by atoms with van der Waals surface area (Å²) in [6.45, 7) is 3.70. The number of aliphatic hydroxyl groups excluding tert-OH is 1. The van der Waals surface area contributed by atoms with Gasteiger partial charge in [0.2, 0.25) is 5.91 Å². The lowest BCUT2D eigenvalue weighted by atomic mass is 9.95. The number of carbonyl (C=O) groups excluding carboxylic acids is 1. The quantitative estimate of drug-likeness (QED) is 0.298. The van der Waals surface area contributed by atoms with E-state index in [-0.39, 0.29) is 18.0 Å². The predicted molar refractivity (Wildman–Crippen MR) is 167 cm³/mol. The molecule has 43 heavy (non-hydrogen) atoms. The highest BCUT2D eigenvalue weighted by molar-refractivity contribution is 5.84. The number of hydrogen-bond acceptors (Lipinski definition) is 7. The summed E-state index contributed by atoms with van der Waals surface area (Å²) < 4.78 is 10.8. The molecular weight excluding hydrogens is 540 g/mol. The Hall–Kier alpha value is -3.98. The summed E-state index contributed by atoms with van der Waals surface area (Å²) >= 11 is 0. The minimum Gasteiger partial charge on any atom is -0.497 e. The Balaban J connectivity index is 1.10. The molecule has 0 spiro atoms. The van der Waals surface area contributed by atoms with Crippen molar-refractivity contribution in [2.45, 2.75) is 44.0 Å². The molecular formula is C35H40N4O4. The van der Waals surface area contributed by atoms with Crippen LogP contribution in [0.3, 0.4) is 0 Å². The number of aliphatic hydroxyl groups is 1. The zero-order valence-electron chi connectivity index (χ0n) is 24.9. The van der Waals surface area contributed by atoms with Crippen molar-refractivity contribution in [2.24, 2.45) is 0 Å². The second-order valence-corrected chi connectivity index (χ2v) is 11.5. The number of amides is 1. The molecule has 0 saturated carbocycles. The van der Waals surface area contributed by atoms with Crippen LogP contribution in [-0.4, -0.2) is 72.2 Å². The lowest BCUT2D eigenvalue weighted by Crippen LogP contribution is -2.49. The topological polar surface area (TPSA) is 87.2 Å².